The quantitative estimate of drug-likeness (QED) is 0.615. The third kappa shape index (κ3) is 5.24. The Morgan fingerprint density at radius 3 is 2.76 bits per heavy atom. The highest BCUT2D eigenvalue weighted by molar-refractivity contribution is 9.11. The lowest BCUT2D eigenvalue weighted by molar-refractivity contribution is 0.569. The minimum atomic E-state index is -0.521. The fourth-order valence-electron chi connectivity index (χ4n) is 2.38. The van der Waals surface area contributed by atoms with E-state index in [-0.39, 0.29) is 0 Å². The maximum absolute atomic E-state index is 13.6. The van der Waals surface area contributed by atoms with Crippen LogP contribution in [-0.4, -0.2) is 0 Å². The average Bonchev–Trinajstić information content (AvgIpc) is 2.41. The summed E-state index contributed by atoms with van der Waals surface area (Å²) in [6, 6.07) is 3.80. The number of benzene rings is 1. The Morgan fingerprint density at radius 1 is 1.19 bits per heavy atom. The summed E-state index contributed by atoms with van der Waals surface area (Å²) < 4.78 is 27.5. The van der Waals surface area contributed by atoms with Gasteiger partial charge in [-0.05, 0) is 49.3 Å². The van der Waals surface area contributed by atoms with E-state index in [0.717, 1.165) is 29.8 Å². The molecule has 1 unspecified atom stereocenters. The largest absolute Gasteiger partial charge is 0.207 e. The SMILES string of the molecule is CC1\C=C(Br)/C=C\C(CCCc2ccc(F)cc2F)=C\C1. The van der Waals surface area contributed by atoms with Crippen molar-refractivity contribution >= 4 is 15.9 Å². The monoisotopic (exact) mass is 352 g/mol. The maximum atomic E-state index is 13.6. The molecule has 0 spiro atoms. The van der Waals surface area contributed by atoms with Gasteiger partial charge in [0.05, 0.1) is 0 Å². The van der Waals surface area contributed by atoms with E-state index in [1.54, 1.807) is 0 Å². The van der Waals surface area contributed by atoms with Crippen LogP contribution in [0.25, 0.3) is 0 Å². The summed E-state index contributed by atoms with van der Waals surface area (Å²) in [5, 5.41) is 0. The molecule has 0 saturated carbocycles. The molecule has 0 fully saturated rings. The lowest BCUT2D eigenvalue weighted by Gasteiger charge is -2.10. The zero-order valence-corrected chi connectivity index (χ0v) is 13.7. The van der Waals surface area contributed by atoms with Crippen molar-refractivity contribution in [2.75, 3.05) is 0 Å². The van der Waals surface area contributed by atoms with Crippen LogP contribution >= 0.6 is 15.9 Å². The van der Waals surface area contributed by atoms with Crippen molar-refractivity contribution in [1.82, 2.24) is 0 Å². The number of aryl methyl sites for hydroxylation is 1. The van der Waals surface area contributed by atoms with Gasteiger partial charge in [0.2, 0.25) is 0 Å². The first-order chi connectivity index (χ1) is 10.0. The first-order valence-corrected chi connectivity index (χ1v) is 8.02. The van der Waals surface area contributed by atoms with Gasteiger partial charge in [0, 0.05) is 10.5 Å². The van der Waals surface area contributed by atoms with Gasteiger partial charge in [-0.2, -0.15) is 0 Å². The van der Waals surface area contributed by atoms with Crippen LogP contribution in [0.15, 0.2) is 52.6 Å². The van der Waals surface area contributed by atoms with Gasteiger partial charge in [-0.3, -0.25) is 0 Å². The molecule has 1 aliphatic rings. The van der Waals surface area contributed by atoms with Crippen LogP contribution < -0.4 is 0 Å². The molecule has 1 atom stereocenters. The molecule has 2 rings (SSSR count). The van der Waals surface area contributed by atoms with E-state index < -0.39 is 11.6 Å². The second kappa shape index (κ2) is 7.69. The van der Waals surface area contributed by atoms with Crippen LogP contribution in [0, 0.1) is 17.6 Å². The number of hydrogen-bond donors (Lipinski definition) is 0. The van der Waals surface area contributed by atoms with Gasteiger partial charge in [-0.25, -0.2) is 8.78 Å². The van der Waals surface area contributed by atoms with Crippen LogP contribution in [0.4, 0.5) is 8.78 Å². The summed E-state index contributed by atoms with van der Waals surface area (Å²) in [5.74, 6) is -0.460. The summed E-state index contributed by atoms with van der Waals surface area (Å²) >= 11 is 3.52. The van der Waals surface area contributed by atoms with Gasteiger partial charge < -0.3 is 0 Å². The second-order valence-corrected chi connectivity index (χ2v) is 6.38. The van der Waals surface area contributed by atoms with Crippen molar-refractivity contribution in [3.8, 4) is 0 Å². The van der Waals surface area contributed by atoms with Crippen molar-refractivity contribution in [1.29, 1.82) is 0 Å². The smallest absolute Gasteiger partial charge is 0.129 e. The van der Waals surface area contributed by atoms with Crippen LogP contribution in [0.5, 0.6) is 0 Å². The summed E-state index contributed by atoms with van der Waals surface area (Å²) in [7, 11) is 0. The van der Waals surface area contributed by atoms with Crippen LogP contribution in [0.2, 0.25) is 0 Å². The first-order valence-electron chi connectivity index (χ1n) is 7.23. The Bertz CT molecular complexity index is 585. The van der Waals surface area contributed by atoms with Crippen LogP contribution in [-0.2, 0) is 6.42 Å². The molecule has 0 saturated heterocycles. The minimum absolute atomic E-state index is 0.448. The predicted octanol–water partition coefficient (Wildman–Crippen LogP) is 6.09. The molecule has 0 heterocycles. The molecule has 1 aromatic rings. The van der Waals surface area contributed by atoms with E-state index in [2.05, 4.69) is 47.2 Å². The first kappa shape index (κ1) is 16.2. The molecule has 1 aliphatic carbocycles. The van der Waals surface area contributed by atoms with Crippen molar-refractivity contribution in [3.05, 3.63) is 69.8 Å². The van der Waals surface area contributed by atoms with E-state index in [4.69, 9.17) is 0 Å². The summed E-state index contributed by atoms with van der Waals surface area (Å²) in [5.41, 5.74) is 1.86. The lowest BCUT2D eigenvalue weighted by atomic mass is 9.98. The summed E-state index contributed by atoms with van der Waals surface area (Å²) in [6.45, 7) is 2.18. The molecule has 21 heavy (non-hydrogen) atoms. The minimum Gasteiger partial charge on any atom is -0.207 e. The van der Waals surface area contributed by atoms with Crippen molar-refractivity contribution in [2.24, 2.45) is 5.92 Å². The highest BCUT2D eigenvalue weighted by Gasteiger charge is 2.05. The van der Waals surface area contributed by atoms with Crippen molar-refractivity contribution in [2.45, 2.75) is 32.6 Å². The Hall–Kier alpha value is -1.22. The Balaban J connectivity index is 1.92. The number of rotatable bonds is 4. The van der Waals surface area contributed by atoms with E-state index in [0.29, 0.717) is 17.9 Å². The second-order valence-electron chi connectivity index (χ2n) is 5.47. The highest BCUT2D eigenvalue weighted by Crippen LogP contribution is 2.22. The molecule has 0 radical (unpaired) electrons. The van der Waals surface area contributed by atoms with Crippen LogP contribution in [0.1, 0.15) is 31.7 Å². The van der Waals surface area contributed by atoms with Crippen molar-refractivity contribution < 1.29 is 8.78 Å². The fraction of sp³-hybridized carbons (Fsp3) is 0.333. The Morgan fingerprint density at radius 2 is 2.00 bits per heavy atom. The fourth-order valence-corrected chi connectivity index (χ4v) is 2.96. The lowest BCUT2D eigenvalue weighted by Crippen LogP contribution is -1.95. The average molecular weight is 353 g/mol. The van der Waals surface area contributed by atoms with Crippen molar-refractivity contribution in [3.63, 3.8) is 0 Å². The van der Waals surface area contributed by atoms with Gasteiger partial charge in [0.25, 0.3) is 0 Å². The molecule has 0 N–H and O–H groups in total. The molecule has 1 aromatic carbocycles. The Kier molecular flexibility index (Phi) is 5.92. The van der Waals surface area contributed by atoms with Gasteiger partial charge in [0.15, 0.2) is 0 Å². The third-order valence-corrected chi connectivity index (χ3v) is 4.11. The molecule has 0 aliphatic heterocycles. The van der Waals surface area contributed by atoms with Crippen LogP contribution in [0.3, 0.4) is 0 Å². The zero-order valence-electron chi connectivity index (χ0n) is 12.1. The van der Waals surface area contributed by atoms with E-state index in [9.17, 15) is 8.78 Å². The van der Waals surface area contributed by atoms with Gasteiger partial charge in [-0.1, -0.05) is 52.7 Å². The number of halogens is 3. The van der Waals surface area contributed by atoms with E-state index in [1.807, 2.05) is 0 Å². The summed E-state index contributed by atoms with van der Waals surface area (Å²) in [4.78, 5) is 0. The molecule has 0 bridgehead atoms. The molecule has 112 valence electrons. The molecule has 0 aromatic heterocycles. The zero-order chi connectivity index (χ0) is 15.2. The van der Waals surface area contributed by atoms with E-state index in [1.165, 1.54) is 17.7 Å². The number of allylic oxidation sites excluding steroid dienone is 6. The molecule has 0 amide bonds. The van der Waals surface area contributed by atoms with E-state index >= 15 is 0 Å². The topological polar surface area (TPSA) is 0 Å². The Labute approximate surface area is 133 Å². The maximum Gasteiger partial charge on any atom is 0.129 e. The van der Waals surface area contributed by atoms with Gasteiger partial charge in [0.1, 0.15) is 11.6 Å². The molecule has 0 nitrogen and oxygen atoms in total. The highest BCUT2D eigenvalue weighted by atomic mass is 79.9. The number of hydrogen-bond acceptors (Lipinski definition) is 0. The molecular formula is C18H19BrF2. The predicted molar refractivity (Wildman–Crippen MR) is 87.3 cm³/mol. The summed E-state index contributed by atoms with van der Waals surface area (Å²) in [6.07, 6.45) is 12.0. The third-order valence-electron chi connectivity index (χ3n) is 3.58. The normalized spacial score (nSPS) is 25.2. The standard InChI is InChI=1S/C18H19BrF2/c1-13-5-6-14(7-9-16(19)11-13)3-2-4-15-8-10-17(20)12-18(15)21/h6-13H,2-5H2,1H3/b9-7-,14-6+,16-11+. The van der Waals surface area contributed by atoms with Gasteiger partial charge in [-0.15, -0.1) is 0 Å². The molecule has 3 heteroatoms. The van der Waals surface area contributed by atoms with Gasteiger partial charge >= 0.3 is 0 Å². The molecular weight excluding hydrogens is 334 g/mol.